The molecule has 0 spiro atoms. The number of aryl methyl sites for hydroxylation is 2. The maximum atomic E-state index is 13.4. The molecule has 1 amide bonds. The van der Waals surface area contributed by atoms with Crippen molar-refractivity contribution < 1.29 is 19.5 Å². The number of benzene rings is 2. The van der Waals surface area contributed by atoms with E-state index in [-0.39, 0.29) is 11.7 Å². The van der Waals surface area contributed by atoms with Crippen molar-refractivity contribution in [2.45, 2.75) is 57.8 Å². The predicted molar refractivity (Wildman–Crippen MR) is 143 cm³/mol. The Labute approximate surface area is 215 Å². The van der Waals surface area contributed by atoms with E-state index >= 15 is 0 Å². The van der Waals surface area contributed by atoms with Gasteiger partial charge in [-0.25, -0.2) is 0 Å². The van der Waals surface area contributed by atoms with Gasteiger partial charge in [0.05, 0.1) is 17.4 Å². The van der Waals surface area contributed by atoms with Crippen LogP contribution in [0.1, 0.15) is 64.9 Å². The van der Waals surface area contributed by atoms with E-state index in [1.54, 1.807) is 0 Å². The predicted octanol–water partition coefficient (Wildman–Crippen LogP) is 6.55. The number of anilines is 1. The van der Waals surface area contributed by atoms with Crippen LogP contribution in [-0.2, 0) is 28.9 Å². The molecule has 1 heterocycles. The fraction of sp³-hybridized carbons (Fsp3) is 0.367. The van der Waals surface area contributed by atoms with Gasteiger partial charge in [-0.3, -0.25) is 14.4 Å². The molecule has 186 valence electrons. The van der Waals surface area contributed by atoms with Crippen molar-refractivity contribution in [3.8, 4) is 11.1 Å². The van der Waals surface area contributed by atoms with E-state index in [9.17, 15) is 19.5 Å². The van der Waals surface area contributed by atoms with E-state index in [1.165, 1.54) is 16.2 Å². The molecule has 2 unspecified atom stereocenters. The highest BCUT2D eigenvalue weighted by Gasteiger charge is 2.37. The van der Waals surface area contributed by atoms with Crippen molar-refractivity contribution >= 4 is 34.0 Å². The highest BCUT2D eigenvalue weighted by atomic mass is 32.1. The van der Waals surface area contributed by atoms with Crippen molar-refractivity contribution in [2.24, 2.45) is 11.8 Å². The summed E-state index contributed by atoms with van der Waals surface area (Å²) in [6, 6.07) is 18.5. The third-order valence-electron chi connectivity index (χ3n) is 7.56. The van der Waals surface area contributed by atoms with Gasteiger partial charge in [0.25, 0.3) is 0 Å². The van der Waals surface area contributed by atoms with Crippen LogP contribution in [0, 0.1) is 11.8 Å². The lowest BCUT2D eigenvalue weighted by Gasteiger charge is -2.27. The highest BCUT2D eigenvalue weighted by Crippen LogP contribution is 2.41. The Bertz CT molecular complexity index is 1260. The van der Waals surface area contributed by atoms with E-state index in [4.69, 9.17) is 0 Å². The van der Waals surface area contributed by atoms with Gasteiger partial charge in [0.15, 0.2) is 5.78 Å². The molecule has 2 aliphatic rings. The SMILES string of the molecule is O=C(CCc1ccc(-c2ccccc2)cc1)c1c(NC(=O)C2CCCCC2C(=O)O)sc2c1CCC2. The largest absolute Gasteiger partial charge is 0.481 e. The van der Waals surface area contributed by atoms with E-state index in [2.05, 4.69) is 41.7 Å². The monoisotopic (exact) mass is 501 g/mol. The zero-order valence-corrected chi connectivity index (χ0v) is 21.1. The van der Waals surface area contributed by atoms with E-state index in [0.29, 0.717) is 36.2 Å². The first kappa shape index (κ1) is 24.4. The van der Waals surface area contributed by atoms with Crippen molar-refractivity contribution in [1.29, 1.82) is 0 Å². The van der Waals surface area contributed by atoms with Crippen LogP contribution in [0.2, 0.25) is 0 Å². The van der Waals surface area contributed by atoms with Crippen LogP contribution >= 0.6 is 11.3 Å². The maximum absolute atomic E-state index is 13.4. The van der Waals surface area contributed by atoms with Crippen LogP contribution in [0.3, 0.4) is 0 Å². The highest BCUT2D eigenvalue weighted by molar-refractivity contribution is 7.17. The summed E-state index contributed by atoms with van der Waals surface area (Å²) >= 11 is 1.50. The number of hydrogen-bond acceptors (Lipinski definition) is 4. The number of thiophene rings is 1. The van der Waals surface area contributed by atoms with Crippen LogP contribution < -0.4 is 5.32 Å². The van der Waals surface area contributed by atoms with Crippen LogP contribution in [0.15, 0.2) is 54.6 Å². The van der Waals surface area contributed by atoms with Gasteiger partial charge in [0.2, 0.25) is 5.91 Å². The van der Waals surface area contributed by atoms with E-state index in [0.717, 1.165) is 54.4 Å². The molecule has 2 N–H and O–H groups in total. The lowest BCUT2D eigenvalue weighted by Crippen LogP contribution is -2.36. The Morgan fingerprint density at radius 2 is 1.56 bits per heavy atom. The summed E-state index contributed by atoms with van der Waals surface area (Å²) in [4.78, 5) is 39.5. The maximum Gasteiger partial charge on any atom is 0.307 e. The number of amides is 1. The Balaban J connectivity index is 1.29. The fourth-order valence-electron chi connectivity index (χ4n) is 5.61. The van der Waals surface area contributed by atoms with Crippen LogP contribution in [0.5, 0.6) is 0 Å². The molecular formula is C30H31NO4S. The van der Waals surface area contributed by atoms with Crippen LogP contribution in [0.25, 0.3) is 11.1 Å². The minimum Gasteiger partial charge on any atom is -0.481 e. The van der Waals surface area contributed by atoms with E-state index < -0.39 is 17.8 Å². The Hall–Kier alpha value is -3.25. The molecule has 2 atom stereocenters. The molecule has 0 bridgehead atoms. The molecule has 2 aromatic carbocycles. The van der Waals surface area contributed by atoms with Gasteiger partial charge in [0, 0.05) is 11.3 Å². The first-order valence-electron chi connectivity index (χ1n) is 12.9. The Kier molecular flexibility index (Phi) is 7.33. The van der Waals surface area contributed by atoms with Gasteiger partial charge < -0.3 is 10.4 Å². The van der Waals surface area contributed by atoms with Gasteiger partial charge in [-0.05, 0) is 60.8 Å². The van der Waals surface area contributed by atoms with Gasteiger partial charge in [-0.15, -0.1) is 11.3 Å². The third kappa shape index (κ3) is 5.14. The third-order valence-corrected chi connectivity index (χ3v) is 8.77. The summed E-state index contributed by atoms with van der Waals surface area (Å²) in [5, 5.41) is 13.2. The number of Topliss-reactive ketones (excluding diaryl/α,β-unsaturated/α-hetero) is 1. The summed E-state index contributed by atoms with van der Waals surface area (Å²) in [6.07, 6.45) is 6.63. The first-order chi connectivity index (χ1) is 17.5. The summed E-state index contributed by atoms with van der Waals surface area (Å²) in [7, 11) is 0. The minimum atomic E-state index is -0.905. The average Bonchev–Trinajstić information content (AvgIpc) is 3.49. The zero-order valence-electron chi connectivity index (χ0n) is 20.3. The number of ketones is 1. The topological polar surface area (TPSA) is 83.5 Å². The number of rotatable bonds is 8. The van der Waals surface area contributed by atoms with Crippen molar-refractivity contribution in [3.05, 3.63) is 76.2 Å². The number of carbonyl (C=O) groups is 3. The molecule has 0 radical (unpaired) electrons. The summed E-state index contributed by atoms with van der Waals surface area (Å²) in [5.74, 6) is -2.30. The smallest absolute Gasteiger partial charge is 0.307 e. The lowest BCUT2D eigenvalue weighted by molar-refractivity contribution is -0.147. The van der Waals surface area contributed by atoms with E-state index in [1.807, 2.05) is 18.2 Å². The molecule has 5 nitrogen and oxygen atoms in total. The van der Waals surface area contributed by atoms with Crippen molar-refractivity contribution in [1.82, 2.24) is 0 Å². The molecule has 1 fully saturated rings. The second-order valence-corrected chi connectivity index (χ2v) is 11.0. The number of carboxylic acids is 1. The molecule has 1 aromatic heterocycles. The minimum absolute atomic E-state index is 0.0512. The average molecular weight is 502 g/mol. The quantitative estimate of drug-likeness (QED) is 0.343. The normalized spacial score (nSPS) is 19.0. The van der Waals surface area contributed by atoms with Crippen LogP contribution in [-0.4, -0.2) is 22.8 Å². The summed E-state index contributed by atoms with van der Waals surface area (Å²) in [6.45, 7) is 0. The molecule has 36 heavy (non-hydrogen) atoms. The molecular weight excluding hydrogens is 470 g/mol. The first-order valence-corrected chi connectivity index (χ1v) is 13.7. The standard InChI is InChI=1S/C30H31NO4S/c32-25(18-15-19-13-16-21(17-14-19)20-7-2-1-3-8-20)27-24-11-6-12-26(24)36-29(27)31-28(33)22-9-4-5-10-23(22)30(34)35/h1-3,7-8,13-14,16-17,22-23H,4-6,9-12,15,18H2,(H,31,33)(H,34,35). The molecule has 3 aromatic rings. The molecule has 6 heteroatoms. The van der Waals surface area contributed by atoms with Crippen molar-refractivity contribution in [3.63, 3.8) is 0 Å². The number of fused-ring (bicyclic) bond motifs is 1. The van der Waals surface area contributed by atoms with Gasteiger partial charge in [0.1, 0.15) is 5.00 Å². The summed E-state index contributed by atoms with van der Waals surface area (Å²) in [5.41, 5.74) is 5.15. The molecule has 0 aliphatic heterocycles. The Morgan fingerprint density at radius 1 is 0.861 bits per heavy atom. The molecule has 0 saturated heterocycles. The second-order valence-electron chi connectivity index (χ2n) is 9.87. The fourth-order valence-corrected chi connectivity index (χ4v) is 6.92. The number of hydrogen-bond donors (Lipinski definition) is 2. The van der Waals surface area contributed by atoms with Gasteiger partial charge in [-0.1, -0.05) is 67.4 Å². The number of nitrogens with one attached hydrogen (secondary N) is 1. The lowest BCUT2D eigenvalue weighted by atomic mass is 9.78. The van der Waals surface area contributed by atoms with Gasteiger partial charge in [-0.2, -0.15) is 0 Å². The molecule has 1 saturated carbocycles. The number of aliphatic carboxylic acids is 1. The van der Waals surface area contributed by atoms with Gasteiger partial charge >= 0.3 is 5.97 Å². The molecule has 5 rings (SSSR count). The number of carbonyl (C=O) groups excluding carboxylic acids is 2. The summed E-state index contributed by atoms with van der Waals surface area (Å²) < 4.78 is 0. The van der Waals surface area contributed by atoms with Crippen molar-refractivity contribution in [2.75, 3.05) is 5.32 Å². The Morgan fingerprint density at radius 3 is 2.28 bits per heavy atom. The van der Waals surface area contributed by atoms with Crippen LogP contribution in [0.4, 0.5) is 5.00 Å². The second kappa shape index (κ2) is 10.8. The number of carboxylic acid groups (broad SMARTS) is 1. The molecule has 2 aliphatic carbocycles. The zero-order chi connectivity index (χ0) is 25.1.